The van der Waals surface area contributed by atoms with Crippen molar-refractivity contribution in [2.75, 3.05) is 0 Å². The van der Waals surface area contributed by atoms with Crippen LogP contribution in [0.2, 0.25) is 0 Å². The van der Waals surface area contributed by atoms with Crippen molar-refractivity contribution in [2.45, 2.75) is 26.7 Å². The highest BCUT2D eigenvalue weighted by Crippen LogP contribution is 2.06. The van der Waals surface area contributed by atoms with Crippen molar-refractivity contribution in [3.05, 3.63) is 63.8 Å². The maximum absolute atomic E-state index is 11.8. The third kappa shape index (κ3) is 3.29. The van der Waals surface area contributed by atoms with Crippen molar-refractivity contribution in [3.63, 3.8) is 0 Å². The van der Waals surface area contributed by atoms with E-state index in [1.165, 1.54) is 5.56 Å². The van der Waals surface area contributed by atoms with Gasteiger partial charge in [-0.25, -0.2) is 0 Å². The van der Waals surface area contributed by atoms with Crippen LogP contribution in [0.25, 0.3) is 0 Å². The summed E-state index contributed by atoms with van der Waals surface area (Å²) in [5, 5.41) is 0. The molecule has 0 aliphatic heterocycles. The van der Waals surface area contributed by atoms with Crippen molar-refractivity contribution in [1.82, 2.24) is 9.97 Å². The molecule has 0 fully saturated rings. The Morgan fingerprint density at radius 3 is 2.56 bits per heavy atom. The van der Waals surface area contributed by atoms with Gasteiger partial charge in [0.1, 0.15) is 5.69 Å². The Bertz CT molecular complexity index is 558. The lowest BCUT2D eigenvalue weighted by atomic mass is 10.1. The molecule has 2 rings (SSSR count). The van der Waals surface area contributed by atoms with E-state index in [1.807, 2.05) is 30.3 Å². The Morgan fingerprint density at radius 1 is 1.22 bits per heavy atom. The first-order valence-corrected chi connectivity index (χ1v) is 6.26. The standard InChI is InChI=1S/C15H18N2O/c1-11(2)8-14-15(18)17-13(10-16-14)9-12-6-4-3-5-7-12/h3-7,10-11H,8-9H2,1-2H3,(H,17,18). The van der Waals surface area contributed by atoms with Crippen molar-refractivity contribution in [1.29, 1.82) is 0 Å². The van der Waals surface area contributed by atoms with Gasteiger partial charge in [0.2, 0.25) is 0 Å². The van der Waals surface area contributed by atoms with Gasteiger partial charge in [0.05, 0.1) is 0 Å². The third-order valence-corrected chi connectivity index (χ3v) is 2.75. The number of H-pyrrole nitrogens is 1. The Labute approximate surface area is 107 Å². The van der Waals surface area contributed by atoms with Gasteiger partial charge >= 0.3 is 0 Å². The maximum atomic E-state index is 11.8. The first kappa shape index (κ1) is 12.6. The molecular weight excluding hydrogens is 224 g/mol. The second kappa shape index (κ2) is 5.63. The number of hydrogen-bond donors (Lipinski definition) is 1. The number of hydrogen-bond acceptors (Lipinski definition) is 2. The van der Waals surface area contributed by atoms with E-state index in [-0.39, 0.29) is 5.56 Å². The van der Waals surface area contributed by atoms with Gasteiger partial charge in [-0.2, -0.15) is 0 Å². The second-order valence-corrected chi connectivity index (χ2v) is 4.94. The number of nitrogens with one attached hydrogen (secondary N) is 1. The van der Waals surface area contributed by atoms with Crippen LogP contribution in [0.5, 0.6) is 0 Å². The quantitative estimate of drug-likeness (QED) is 0.895. The summed E-state index contributed by atoms with van der Waals surface area (Å²) < 4.78 is 0. The molecule has 2 aromatic rings. The molecule has 18 heavy (non-hydrogen) atoms. The summed E-state index contributed by atoms with van der Waals surface area (Å²) in [5.74, 6) is 0.443. The molecule has 0 bridgehead atoms. The van der Waals surface area contributed by atoms with Crippen molar-refractivity contribution in [3.8, 4) is 0 Å². The lowest BCUT2D eigenvalue weighted by Crippen LogP contribution is -2.18. The molecule has 0 aliphatic carbocycles. The third-order valence-electron chi connectivity index (χ3n) is 2.75. The highest BCUT2D eigenvalue weighted by Gasteiger charge is 2.05. The zero-order valence-electron chi connectivity index (χ0n) is 10.8. The van der Waals surface area contributed by atoms with Crippen molar-refractivity contribution in [2.24, 2.45) is 5.92 Å². The molecule has 94 valence electrons. The molecule has 0 unspecified atom stereocenters. The van der Waals surface area contributed by atoms with Gasteiger partial charge in [-0.05, 0) is 17.9 Å². The summed E-state index contributed by atoms with van der Waals surface area (Å²) in [6.07, 6.45) is 3.21. The van der Waals surface area contributed by atoms with Crippen LogP contribution in [-0.4, -0.2) is 9.97 Å². The van der Waals surface area contributed by atoms with Gasteiger partial charge in [0.15, 0.2) is 0 Å². The molecular formula is C15H18N2O. The molecule has 0 atom stereocenters. The fourth-order valence-electron chi connectivity index (χ4n) is 1.90. The fourth-order valence-corrected chi connectivity index (χ4v) is 1.90. The smallest absolute Gasteiger partial charge is 0.269 e. The number of benzene rings is 1. The van der Waals surface area contributed by atoms with Crippen molar-refractivity contribution < 1.29 is 0 Å². The van der Waals surface area contributed by atoms with Crippen LogP contribution in [0.1, 0.15) is 30.8 Å². The second-order valence-electron chi connectivity index (χ2n) is 4.94. The van der Waals surface area contributed by atoms with Crippen LogP contribution < -0.4 is 5.56 Å². The lowest BCUT2D eigenvalue weighted by Gasteiger charge is -2.05. The largest absolute Gasteiger partial charge is 0.323 e. The predicted octanol–water partition coefficient (Wildman–Crippen LogP) is 2.56. The molecule has 0 radical (unpaired) electrons. The van der Waals surface area contributed by atoms with E-state index in [2.05, 4.69) is 23.8 Å². The summed E-state index contributed by atoms with van der Waals surface area (Å²) in [5.41, 5.74) is 2.60. The molecule has 0 spiro atoms. The van der Waals surface area contributed by atoms with Crippen molar-refractivity contribution >= 4 is 0 Å². The zero-order chi connectivity index (χ0) is 13.0. The normalized spacial score (nSPS) is 10.8. The Morgan fingerprint density at radius 2 is 1.94 bits per heavy atom. The molecule has 3 heteroatoms. The predicted molar refractivity (Wildman–Crippen MR) is 72.6 cm³/mol. The van der Waals surface area contributed by atoms with Gasteiger partial charge in [-0.3, -0.25) is 9.78 Å². The number of aromatic amines is 1. The molecule has 0 aliphatic rings. The molecule has 0 saturated carbocycles. The molecule has 0 amide bonds. The first-order chi connectivity index (χ1) is 8.65. The van der Waals surface area contributed by atoms with E-state index in [0.717, 1.165) is 12.1 Å². The maximum Gasteiger partial charge on any atom is 0.269 e. The van der Waals surface area contributed by atoms with E-state index in [4.69, 9.17) is 0 Å². The minimum Gasteiger partial charge on any atom is -0.323 e. The molecule has 1 heterocycles. The van der Waals surface area contributed by atoms with E-state index in [1.54, 1.807) is 6.20 Å². The zero-order valence-corrected chi connectivity index (χ0v) is 10.8. The monoisotopic (exact) mass is 242 g/mol. The molecule has 3 nitrogen and oxygen atoms in total. The first-order valence-electron chi connectivity index (χ1n) is 6.26. The summed E-state index contributed by atoms with van der Waals surface area (Å²) in [4.78, 5) is 19.0. The number of aromatic nitrogens is 2. The summed E-state index contributed by atoms with van der Waals surface area (Å²) >= 11 is 0. The lowest BCUT2D eigenvalue weighted by molar-refractivity contribution is 0.627. The van der Waals surface area contributed by atoms with E-state index in [9.17, 15) is 4.79 Å². The Hall–Kier alpha value is -1.90. The van der Waals surface area contributed by atoms with Crippen LogP contribution in [0.4, 0.5) is 0 Å². The summed E-state index contributed by atoms with van der Waals surface area (Å²) in [6, 6.07) is 10.1. The number of rotatable bonds is 4. The van der Waals surface area contributed by atoms with Gasteiger partial charge in [-0.15, -0.1) is 0 Å². The summed E-state index contributed by atoms with van der Waals surface area (Å²) in [7, 11) is 0. The van der Waals surface area contributed by atoms with Crippen LogP contribution in [0.15, 0.2) is 41.3 Å². The van der Waals surface area contributed by atoms with Gasteiger partial charge in [-0.1, -0.05) is 44.2 Å². The van der Waals surface area contributed by atoms with Crippen LogP contribution in [0.3, 0.4) is 0 Å². The molecule has 1 aromatic heterocycles. The van der Waals surface area contributed by atoms with E-state index in [0.29, 0.717) is 18.0 Å². The molecule has 0 saturated heterocycles. The number of nitrogens with zero attached hydrogens (tertiary/aromatic N) is 1. The average Bonchev–Trinajstić information content (AvgIpc) is 2.33. The molecule has 1 aromatic carbocycles. The average molecular weight is 242 g/mol. The highest BCUT2D eigenvalue weighted by molar-refractivity contribution is 5.20. The minimum absolute atomic E-state index is 0.0582. The van der Waals surface area contributed by atoms with Crippen LogP contribution >= 0.6 is 0 Å². The van der Waals surface area contributed by atoms with E-state index >= 15 is 0 Å². The van der Waals surface area contributed by atoms with Crippen LogP contribution in [-0.2, 0) is 12.8 Å². The Balaban J connectivity index is 2.17. The van der Waals surface area contributed by atoms with Crippen LogP contribution in [0, 0.1) is 5.92 Å². The van der Waals surface area contributed by atoms with Gasteiger partial charge in [0.25, 0.3) is 5.56 Å². The highest BCUT2D eigenvalue weighted by atomic mass is 16.1. The fraction of sp³-hybridized carbons (Fsp3) is 0.333. The topological polar surface area (TPSA) is 45.8 Å². The van der Waals surface area contributed by atoms with Gasteiger partial charge < -0.3 is 4.98 Å². The minimum atomic E-state index is -0.0582. The Kier molecular flexibility index (Phi) is 3.92. The van der Waals surface area contributed by atoms with Gasteiger partial charge in [0, 0.05) is 18.3 Å². The van der Waals surface area contributed by atoms with E-state index < -0.39 is 0 Å². The molecule has 1 N–H and O–H groups in total. The SMILES string of the molecule is CC(C)Cc1ncc(Cc2ccccc2)[nH]c1=O. The summed E-state index contributed by atoms with van der Waals surface area (Å²) in [6.45, 7) is 4.16.